The molecule has 1 aromatic heterocycles. The van der Waals surface area contributed by atoms with Gasteiger partial charge in [-0.05, 0) is 31.6 Å². The van der Waals surface area contributed by atoms with Crippen molar-refractivity contribution in [2.24, 2.45) is 0 Å². The summed E-state index contributed by atoms with van der Waals surface area (Å²) in [6, 6.07) is 16.3. The zero-order valence-electron chi connectivity index (χ0n) is 12.5. The highest BCUT2D eigenvalue weighted by Crippen LogP contribution is 2.28. The number of fused-ring (bicyclic) bond motifs is 1. The maximum Gasteiger partial charge on any atom is 0.189 e. The lowest BCUT2D eigenvalue weighted by molar-refractivity contribution is 0.494. The van der Waals surface area contributed by atoms with Gasteiger partial charge in [-0.25, -0.2) is 4.85 Å². The van der Waals surface area contributed by atoms with Gasteiger partial charge in [-0.15, -0.1) is 0 Å². The number of rotatable bonds is 5. The van der Waals surface area contributed by atoms with Crippen molar-refractivity contribution in [2.45, 2.75) is 12.5 Å². The van der Waals surface area contributed by atoms with E-state index in [0.29, 0.717) is 5.69 Å². The van der Waals surface area contributed by atoms with Crippen molar-refractivity contribution in [1.82, 2.24) is 15.1 Å². The Bertz CT molecular complexity index is 799. The SMILES string of the molecule is [C-]#[N+]c1ccc2cnn(C(CCNC)c3ccccc3)c2c1. The molecule has 1 atom stereocenters. The van der Waals surface area contributed by atoms with E-state index in [-0.39, 0.29) is 6.04 Å². The van der Waals surface area contributed by atoms with Gasteiger partial charge >= 0.3 is 0 Å². The molecule has 2 aromatic carbocycles. The Kier molecular flexibility index (Phi) is 4.17. The van der Waals surface area contributed by atoms with E-state index in [1.54, 1.807) is 0 Å². The Hall–Kier alpha value is -2.64. The Morgan fingerprint density at radius 2 is 2.05 bits per heavy atom. The number of nitrogens with one attached hydrogen (secondary N) is 1. The van der Waals surface area contributed by atoms with E-state index in [1.807, 2.05) is 42.2 Å². The minimum Gasteiger partial charge on any atom is -0.320 e. The molecule has 0 aliphatic carbocycles. The summed E-state index contributed by atoms with van der Waals surface area (Å²) in [4.78, 5) is 3.53. The van der Waals surface area contributed by atoms with Crippen LogP contribution in [0.15, 0.2) is 54.7 Å². The summed E-state index contributed by atoms with van der Waals surface area (Å²) < 4.78 is 2.04. The third kappa shape index (κ3) is 2.72. The predicted molar refractivity (Wildman–Crippen MR) is 89.1 cm³/mol. The lowest BCUT2D eigenvalue weighted by Gasteiger charge is -2.19. The zero-order valence-corrected chi connectivity index (χ0v) is 12.5. The molecule has 0 fully saturated rings. The Balaban J connectivity index is 2.09. The number of hydrogen-bond acceptors (Lipinski definition) is 2. The number of benzene rings is 2. The molecule has 0 radical (unpaired) electrons. The van der Waals surface area contributed by atoms with Gasteiger partial charge in [0.15, 0.2) is 5.69 Å². The smallest absolute Gasteiger partial charge is 0.189 e. The summed E-state index contributed by atoms with van der Waals surface area (Å²) in [7, 11) is 1.96. The van der Waals surface area contributed by atoms with Crippen molar-refractivity contribution < 1.29 is 0 Å². The van der Waals surface area contributed by atoms with Gasteiger partial charge in [0.2, 0.25) is 0 Å². The van der Waals surface area contributed by atoms with Gasteiger partial charge in [0.25, 0.3) is 0 Å². The second-order valence-corrected chi connectivity index (χ2v) is 5.26. The number of aromatic nitrogens is 2. The van der Waals surface area contributed by atoms with E-state index in [9.17, 15) is 0 Å². The maximum absolute atomic E-state index is 7.21. The van der Waals surface area contributed by atoms with Crippen LogP contribution in [-0.2, 0) is 0 Å². The standard InChI is InChI=1S/C18H18N4/c1-19-11-10-17(14-6-4-3-5-7-14)22-18-12-16(20-2)9-8-15(18)13-21-22/h3-9,12-13,17,19H,10-11H2,1H3. The third-order valence-corrected chi connectivity index (χ3v) is 3.86. The Morgan fingerprint density at radius 3 is 2.77 bits per heavy atom. The average Bonchev–Trinajstić information content (AvgIpc) is 2.99. The van der Waals surface area contributed by atoms with Crippen molar-refractivity contribution in [1.29, 1.82) is 0 Å². The van der Waals surface area contributed by atoms with Crippen molar-refractivity contribution in [3.63, 3.8) is 0 Å². The molecular weight excluding hydrogens is 272 g/mol. The molecule has 0 bridgehead atoms. The molecule has 3 rings (SSSR count). The first kappa shape index (κ1) is 14.3. The monoisotopic (exact) mass is 290 g/mol. The first-order valence-corrected chi connectivity index (χ1v) is 7.38. The van der Waals surface area contributed by atoms with E-state index in [0.717, 1.165) is 23.9 Å². The van der Waals surface area contributed by atoms with Crippen molar-refractivity contribution in [2.75, 3.05) is 13.6 Å². The largest absolute Gasteiger partial charge is 0.320 e. The predicted octanol–water partition coefficient (Wildman–Crippen LogP) is 3.79. The molecule has 0 saturated carbocycles. The van der Waals surface area contributed by atoms with Gasteiger partial charge in [-0.2, -0.15) is 5.10 Å². The van der Waals surface area contributed by atoms with E-state index >= 15 is 0 Å². The normalized spacial score (nSPS) is 12.2. The lowest BCUT2D eigenvalue weighted by atomic mass is 10.0. The summed E-state index contributed by atoms with van der Waals surface area (Å²) in [5.74, 6) is 0. The second-order valence-electron chi connectivity index (χ2n) is 5.26. The molecule has 1 N–H and O–H groups in total. The van der Waals surface area contributed by atoms with Crippen LogP contribution in [0.2, 0.25) is 0 Å². The van der Waals surface area contributed by atoms with Crippen LogP contribution >= 0.6 is 0 Å². The molecule has 1 heterocycles. The average molecular weight is 290 g/mol. The molecule has 22 heavy (non-hydrogen) atoms. The van der Waals surface area contributed by atoms with Crippen LogP contribution in [0.5, 0.6) is 0 Å². The van der Waals surface area contributed by atoms with Crippen LogP contribution in [0.3, 0.4) is 0 Å². The van der Waals surface area contributed by atoms with Crippen LogP contribution in [0.25, 0.3) is 15.7 Å². The summed E-state index contributed by atoms with van der Waals surface area (Å²) in [5.41, 5.74) is 2.89. The fraction of sp³-hybridized carbons (Fsp3) is 0.222. The second kappa shape index (κ2) is 6.42. The van der Waals surface area contributed by atoms with E-state index < -0.39 is 0 Å². The highest BCUT2D eigenvalue weighted by atomic mass is 15.3. The van der Waals surface area contributed by atoms with Gasteiger partial charge in [-0.1, -0.05) is 42.5 Å². The summed E-state index contributed by atoms with van der Waals surface area (Å²) >= 11 is 0. The number of nitrogens with zero attached hydrogens (tertiary/aromatic N) is 3. The molecule has 110 valence electrons. The van der Waals surface area contributed by atoms with Crippen LogP contribution in [0.1, 0.15) is 18.0 Å². The summed E-state index contributed by atoms with van der Waals surface area (Å²) in [6.45, 7) is 8.12. The highest BCUT2D eigenvalue weighted by molar-refractivity contribution is 5.82. The van der Waals surface area contributed by atoms with Gasteiger partial charge in [0.1, 0.15) is 0 Å². The molecule has 0 aliphatic heterocycles. The third-order valence-electron chi connectivity index (χ3n) is 3.86. The van der Waals surface area contributed by atoms with Crippen molar-refractivity contribution in [3.8, 4) is 0 Å². The molecule has 0 spiro atoms. The maximum atomic E-state index is 7.21. The highest BCUT2D eigenvalue weighted by Gasteiger charge is 2.16. The van der Waals surface area contributed by atoms with E-state index in [1.165, 1.54) is 5.56 Å². The molecule has 4 heteroatoms. The van der Waals surface area contributed by atoms with Gasteiger partial charge in [0, 0.05) is 5.39 Å². The van der Waals surface area contributed by atoms with E-state index in [4.69, 9.17) is 6.57 Å². The topological polar surface area (TPSA) is 34.2 Å². The lowest BCUT2D eigenvalue weighted by Crippen LogP contribution is -2.18. The molecular formula is C18H18N4. The molecule has 0 aliphatic rings. The summed E-state index contributed by atoms with van der Waals surface area (Å²) in [6.07, 6.45) is 2.82. The van der Waals surface area contributed by atoms with Gasteiger partial charge in [0.05, 0.1) is 24.3 Å². The van der Waals surface area contributed by atoms with Crippen molar-refractivity contribution >= 4 is 16.6 Å². The molecule has 0 amide bonds. The van der Waals surface area contributed by atoms with Crippen LogP contribution in [0.4, 0.5) is 5.69 Å². The Morgan fingerprint density at radius 1 is 1.23 bits per heavy atom. The van der Waals surface area contributed by atoms with Gasteiger partial charge in [-0.3, -0.25) is 4.68 Å². The fourth-order valence-electron chi connectivity index (χ4n) is 2.73. The van der Waals surface area contributed by atoms with Crippen molar-refractivity contribution in [3.05, 3.63) is 71.7 Å². The van der Waals surface area contributed by atoms with Crippen LogP contribution in [-0.4, -0.2) is 23.4 Å². The quantitative estimate of drug-likeness (QED) is 0.725. The fourth-order valence-corrected chi connectivity index (χ4v) is 2.73. The molecule has 1 unspecified atom stereocenters. The first-order valence-electron chi connectivity index (χ1n) is 7.38. The van der Waals surface area contributed by atoms with Crippen LogP contribution < -0.4 is 5.32 Å². The summed E-state index contributed by atoms with van der Waals surface area (Å²) in [5, 5.41) is 8.86. The zero-order chi connectivity index (χ0) is 15.4. The van der Waals surface area contributed by atoms with Crippen LogP contribution in [0, 0.1) is 6.57 Å². The number of hydrogen-bond donors (Lipinski definition) is 1. The van der Waals surface area contributed by atoms with E-state index in [2.05, 4.69) is 39.5 Å². The Labute approximate surface area is 130 Å². The minimum atomic E-state index is 0.159. The van der Waals surface area contributed by atoms with Gasteiger partial charge < -0.3 is 5.32 Å². The minimum absolute atomic E-state index is 0.159. The molecule has 4 nitrogen and oxygen atoms in total. The molecule has 3 aromatic rings. The first-order chi connectivity index (χ1) is 10.8. The molecule has 0 saturated heterocycles.